The summed E-state index contributed by atoms with van der Waals surface area (Å²) in [5, 5.41) is 11.8. The number of esters is 1. The smallest absolute Gasteiger partial charge is 0.356 e. The number of carbonyl (C=O) groups excluding carboxylic acids is 2. The molecule has 0 saturated carbocycles. The Bertz CT molecular complexity index is 783. The van der Waals surface area contributed by atoms with E-state index in [-0.39, 0.29) is 17.4 Å². The second kappa shape index (κ2) is 8.02. The first-order valence-corrected chi connectivity index (χ1v) is 7.78. The van der Waals surface area contributed by atoms with E-state index < -0.39 is 17.8 Å². The van der Waals surface area contributed by atoms with Gasteiger partial charge in [-0.15, -0.1) is 0 Å². The van der Waals surface area contributed by atoms with Crippen molar-refractivity contribution in [3.05, 3.63) is 48.2 Å². The number of carboxylic acids is 1. The van der Waals surface area contributed by atoms with E-state index in [1.165, 1.54) is 0 Å². The quantitative estimate of drug-likeness (QED) is 0.615. The average Bonchev–Trinajstić information content (AvgIpc) is 2.98. The van der Waals surface area contributed by atoms with Crippen LogP contribution in [0.25, 0.3) is 10.4 Å². The molecule has 0 spiro atoms. The molecular weight excluding hydrogens is 332 g/mol. The van der Waals surface area contributed by atoms with Crippen molar-refractivity contribution in [2.75, 3.05) is 11.9 Å². The highest BCUT2D eigenvalue weighted by atomic mass is 32.1. The zero-order valence-electron chi connectivity index (χ0n) is 12.7. The van der Waals surface area contributed by atoms with Crippen molar-refractivity contribution in [2.45, 2.75) is 6.92 Å². The number of carbonyl (C=O) groups is 3. The summed E-state index contributed by atoms with van der Waals surface area (Å²) in [4.78, 5) is 38.6. The van der Waals surface area contributed by atoms with E-state index in [1.54, 1.807) is 31.2 Å². The van der Waals surface area contributed by atoms with Gasteiger partial charge in [0, 0.05) is 12.2 Å². The van der Waals surface area contributed by atoms with Gasteiger partial charge in [0.25, 0.3) is 0 Å². The zero-order valence-corrected chi connectivity index (χ0v) is 13.5. The number of nitrogens with zero attached hydrogens (tertiary/aromatic N) is 1. The maximum atomic E-state index is 11.8. The van der Waals surface area contributed by atoms with E-state index in [1.807, 2.05) is 6.07 Å². The Kier molecular flexibility index (Phi) is 5.80. The molecule has 0 fully saturated rings. The van der Waals surface area contributed by atoms with Gasteiger partial charge in [-0.05, 0) is 12.5 Å². The number of rotatable bonds is 6. The van der Waals surface area contributed by atoms with Gasteiger partial charge in [0.05, 0.1) is 11.5 Å². The molecule has 0 aliphatic rings. The van der Waals surface area contributed by atoms with Gasteiger partial charge in [0.15, 0.2) is 10.8 Å². The van der Waals surface area contributed by atoms with Crippen molar-refractivity contribution in [3.8, 4) is 10.4 Å². The van der Waals surface area contributed by atoms with E-state index in [2.05, 4.69) is 15.0 Å². The van der Waals surface area contributed by atoms with Gasteiger partial charge in [0.1, 0.15) is 0 Å². The number of aromatic carboxylic acids is 1. The molecule has 2 aromatic rings. The molecule has 1 amide bonds. The van der Waals surface area contributed by atoms with Crippen molar-refractivity contribution in [3.63, 3.8) is 0 Å². The molecule has 0 saturated heterocycles. The maximum absolute atomic E-state index is 11.8. The molecule has 1 aromatic carbocycles. The second-order valence-electron chi connectivity index (χ2n) is 4.44. The number of nitrogens with one attached hydrogen (secondary N) is 1. The highest BCUT2D eigenvalue weighted by molar-refractivity contribution is 7.19. The number of aromatic nitrogens is 1. The second-order valence-corrected chi connectivity index (χ2v) is 5.44. The summed E-state index contributed by atoms with van der Waals surface area (Å²) in [6.07, 6.45) is 1.99. The minimum Gasteiger partial charge on any atom is -0.476 e. The van der Waals surface area contributed by atoms with E-state index in [0.717, 1.165) is 23.5 Å². The van der Waals surface area contributed by atoms with E-state index in [4.69, 9.17) is 0 Å². The molecule has 0 atom stereocenters. The largest absolute Gasteiger partial charge is 0.476 e. The van der Waals surface area contributed by atoms with Crippen LogP contribution in [0.4, 0.5) is 5.13 Å². The van der Waals surface area contributed by atoms with Crippen molar-refractivity contribution >= 4 is 34.3 Å². The van der Waals surface area contributed by atoms with Gasteiger partial charge in [-0.2, -0.15) is 0 Å². The Balaban J connectivity index is 2.19. The summed E-state index contributed by atoms with van der Waals surface area (Å²) >= 11 is 1.04. The number of hydrogen-bond acceptors (Lipinski definition) is 6. The molecular formula is C16H14N2O5S. The molecule has 0 unspecified atom stereocenters. The Hall–Kier alpha value is -3.00. The third-order valence-corrected chi connectivity index (χ3v) is 3.77. The molecule has 2 rings (SSSR count). The van der Waals surface area contributed by atoms with E-state index in [0.29, 0.717) is 10.4 Å². The minimum atomic E-state index is -1.19. The van der Waals surface area contributed by atoms with Gasteiger partial charge in [0.2, 0.25) is 5.91 Å². The predicted molar refractivity (Wildman–Crippen MR) is 88.9 cm³/mol. The van der Waals surface area contributed by atoms with Gasteiger partial charge in [-0.25, -0.2) is 14.6 Å². The molecule has 0 aliphatic heterocycles. The lowest BCUT2D eigenvalue weighted by Crippen LogP contribution is -2.09. The molecule has 1 aromatic heterocycles. The van der Waals surface area contributed by atoms with Crippen molar-refractivity contribution in [2.24, 2.45) is 0 Å². The molecule has 7 nitrogen and oxygen atoms in total. The lowest BCUT2D eigenvalue weighted by molar-refractivity contribution is -0.137. The molecule has 1 heterocycles. The Morgan fingerprint density at radius 3 is 2.58 bits per heavy atom. The van der Waals surface area contributed by atoms with Gasteiger partial charge < -0.3 is 9.84 Å². The molecule has 124 valence electrons. The SMILES string of the molecule is CCOC(=O)/C=C/C(=O)Nc1nc(C(=O)O)c(-c2ccccc2)s1. The van der Waals surface area contributed by atoms with Crippen molar-refractivity contribution in [1.29, 1.82) is 0 Å². The number of carboxylic acid groups (broad SMARTS) is 1. The highest BCUT2D eigenvalue weighted by Crippen LogP contribution is 2.33. The number of benzene rings is 1. The summed E-state index contributed by atoms with van der Waals surface area (Å²) in [5.41, 5.74) is 0.547. The monoisotopic (exact) mass is 346 g/mol. The van der Waals surface area contributed by atoms with Crippen LogP contribution in [0.2, 0.25) is 0 Å². The fraction of sp³-hybridized carbons (Fsp3) is 0.125. The van der Waals surface area contributed by atoms with Crippen molar-refractivity contribution < 1.29 is 24.2 Å². The minimum absolute atomic E-state index is 0.129. The molecule has 0 aliphatic carbocycles. The van der Waals surface area contributed by atoms with Crippen LogP contribution < -0.4 is 5.32 Å². The van der Waals surface area contributed by atoms with E-state index >= 15 is 0 Å². The van der Waals surface area contributed by atoms with Crippen LogP contribution in [0.15, 0.2) is 42.5 Å². The highest BCUT2D eigenvalue weighted by Gasteiger charge is 2.19. The van der Waals surface area contributed by atoms with Crippen LogP contribution in [0.1, 0.15) is 17.4 Å². The van der Waals surface area contributed by atoms with Crippen LogP contribution >= 0.6 is 11.3 Å². The first-order chi connectivity index (χ1) is 11.5. The number of amides is 1. The molecule has 0 bridgehead atoms. The van der Waals surface area contributed by atoms with Crippen LogP contribution in [-0.4, -0.2) is 34.5 Å². The topological polar surface area (TPSA) is 106 Å². The Morgan fingerprint density at radius 2 is 1.96 bits per heavy atom. The summed E-state index contributed by atoms with van der Waals surface area (Å²) in [5.74, 6) is -2.43. The number of hydrogen-bond donors (Lipinski definition) is 2. The first-order valence-electron chi connectivity index (χ1n) is 6.96. The molecule has 8 heteroatoms. The molecule has 24 heavy (non-hydrogen) atoms. The third-order valence-electron chi connectivity index (χ3n) is 2.75. The third kappa shape index (κ3) is 4.50. The van der Waals surface area contributed by atoms with Gasteiger partial charge in [-0.1, -0.05) is 41.7 Å². The van der Waals surface area contributed by atoms with Gasteiger partial charge >= 0.3 is 11.9 Å². The fourth-order valence-electron chi connectivity index (χ4n) is 1.78. The average molecular weight is 346 g/mol. The van der Waals surface area contributed by atoms with Gasteiger partial charge in [-0.3, -0.25) is 10.1 Å². The summed E-state index contributed by atoms with van der Waals surface area (Å²) in [7, 11) is 0. The van der Waals surface area contributed by atoms with Crippen LogP contribution in [-0.2, 0) is 14.3 Å². The molecule has 0 radical (unpaired) electrons. The Morgan fingerprint density at radius 1 is 1.25 bits per heavy atom. The lowest BCUT2D eigenvalue weighted by atomic mass is 10.1. The zero-order chi connectivity index (χ0) is 17.5. The summed E-state index contributed by atoms with van der Waals surface area (Å²) in [6, 6.07) is 8.88. The van der Waals surface area contributed by atoms with Crippen LogP contribution in [0, 0.1) is 0 Å². The Labute approximate surface area is 141 Å². The predicted octanol–water partition coefficient (Wildman–Crippen LogP) is 2.57. The first kappa shape index (κ1) is 17.4. The van der Waals surface area contributed by atoms with Crippen LogP contribution in [0.5, 0.6) is 0 Å². The fourth-order valence-corrected chi connectivity index (χ4v) is 2.75. The standard InChI is InChI=1S/C16H14N2O5S/c1-2-23-12(20)9-8-11(19)17-16-18-13(15(21)22)14(24-16)10-6-4-3-5-7-10/h3-9H,2H2,1H3,(H,21,22)(H,17,18,19)/b9-8+. The van der Waals surface area contributed by atoms with Crippen LogP contribution in [0.3, 0.4) is 0 Å². The number of ether oxygens (including phenoxy) is 1. The van der Waals surface area contributed by atoms with Crippen molar-refractivity contribution in [1.82, 2.24) is 4.98 Å². The summed E-state index contributed by atoms with van der Waals surface area (Å²) < 4.78 is 4.66. The number of anilines is 1. The van der Waals surface area contributed by atoms with E-state index in [9.17, 15) is 19.5 Å². The summed E-state index contributed by atoms with van der Waals surface area (Å²) in [6.45, 7) is 1.86. The molecule has 2 N–H and O–H groups in total. The normalized spacial score (nSPS) is 10.5. The number of thiazole rings is 1. The lowest BCUT2D eigenvalue weighted by Gasteiger charge is -1.97. The maximum Gasteiger partial charge on any atom is 0.356 e.